The van der Waals surface area contributed by atoms with Crippen LogP contribution in [0.5, 0.6) is 0 Å². The van der Waals surface area contributed by atoms with Crippen molar-refractivity contribution in [2.24, 2.45) is 0 Å². The molecule has 0 saturated heterocycles. The summed E-state index contributed by atoms with van der Waals surface area (Å²) in [5.74, 6) is 0.173. The van der Waals surface area contributed by atoms with Crippen LogP contribution >= 0.6 is 11.3 Å². The van der Waals surface area contributed by atoms with Crippen LogP contribution in [-0.4, -0.2) is 22.1 Å². The molecular weight excluding hydrogens is 288 g/mol. The van der Waals surface area contributed by atoms with Gasteiger partial charge in [0.25, 0.3) is 5.56 Å². The van der Waals surface area contributed by atoms with E-state index in [-0.39, 0.29) is 12.1 Å². The molecule has 112 valence electrons. The molecule has 0 N–H and O–H groups in total. The number of ether oxygens (including phenoxy) is 1. The Morgan fingerprint density at radius 1 is 1.38 bits per heavy atom. The van der Waals surface area contributed by atoms with Crippen molar-refractivity contribution in [1.82, 2.24) is 9.55 Å². The second-order valence-electron chi connectivity index (χ2n) is 5.25. The highest BCUT2D eigenvalue weighted by molar-refractivity contribution is 7.18. The highest BCUT2D eigenvalue weighted by Crippen LogP contribution is 2.33. The molecule has 6 heteroatoms. The van der Waals surface area contributed by atoms with Crippen LogP contribution in [0, 0.1) is 6.92 Å². The summed E-state index contributed by atoms with van der Waals surface area (Å²) in [6, 6.07) is 0. The lowest BCUT2D eigenvalue weighted by molar-refractivity contribution is -0.143. The Hall–Kier alpha value is -1.69. The van der Waals surface area contributed by atoms with Gasteiger partial charge in [-0.3, -0.25) is 14.2 Å². The van der Waals surface area contributed by atoms with Gasteiger partial charge in [0.2, 0.25) is 0 Å². The number of aromatic nitrogens is 2. The molecule has 0 fully saturated rings. The molecule has 2 heterocycles. The summed E-state index contributed by atoms with van der Waals surface area (Å²) in [7, 11) is 0. The standard InChI is InChI=1S/C15H18N2O3S/c1-3-20-12(18)8-17-9(2)16-14-13(15(17)19)10-6-4-5-7-11(10)21-14/h3-8H2,1-2H3. The van der Waals surface area contributed by atoms with Gasteiger partial charge in [-0.2, -0.15) is 0 Å². The number of hydrogen-bond acceptors (Lipinski definition) is 5. The van der Waals surface area contributed by atoms with Gasteiger partial charge in [-0.25, -0.2) is 4.98 Å². The number of carbonyl (C=O) groups excluding carboxylic acids is 1. The average Bonchev–Trinajstić information content (AvgIpc) is 2.81. The lowest BCUT2D eigenvalue weighted by Gasteiger charge is -2.11. The van der Waals surface area contributed by atoms with E-state index in [1.165, 1.54) is 15.9 Å². The fourth-order valence-electron chi connectivity index (χ4n) is 2.86. The molecule has 0 aliphatic heterocycles. The third-order valence-corrected chi connectivity index (χ3v) is 5.04. The van der Waals surface area contributed by atoms with Crippen molar-refractivity contribution in [2.45, 2.75) is 46.1 Å². The molecule has 0 bridgehead atoms. The van der Waals surface area contributed by atoms with Gasteiger partial charge in [-0.05, 0) is 45.1 Å². The van der Waals surface area contributed by atoms with Crippen molar-refractivity contribution < 1.29 is 9.53 Å². The van der Waals surface area contributed by atoms with E-state index in [1.807, 2.05) is 0 Å². The van der Waals surface area contributed by atoms with E-state index in [2.05, 4.69) is 4.98 Å². The van der Waals surface area contributed by atoms with Crippen molar-refractivity contribution >= 4 is 27.5 Å². The van der Waals surface area contributed by atoms with Crippen LogP contribution < -0.4 is 5.56 Å². The van der Waals surface area contributed by atoms with Crippen LogP contribution in [0.15, 0.2) is 4.79 Å². The van der Waals surface area contributed by atoms with Gasteiger partial charge in [-0.1, -0.05) is 0 Å². The van der Waals surface area contributed by atoms with E-state index in [1.54, 1.807) is 25.2 Å². The summed E-state index contributed by atoms with van der Waals surface area (Å²) in [6.45, 7) is 3.77. The molecule has 3 rings (SSSR count). The summed E-state index contributed by atoms with van der Waals surface area (Å²) in [5.41, 5.74) is 1.04. The van der Waals surface area contributed by atoms with Gasteiger partial charge in [0.1, 0.15) is 17.2 Å². The molecule has 2 aromatic rings. The Balaban J connectivity index is 2.13. The van der Waals surface area contributed by atoms with Gasteiger partial charge < -0.3 is 4.74 Å². The van der Waals surface area contributed by atoms with Gasteiger partial charge in [0.15, 0.2) is 0 Å². The van der Waals surface area contributed by atoms with Crippen LogP contribution in [0.3, 0.4) is 0 Å². The van der Waals surface area contributed by atoms with Crippen LogP contribution in [0.4, 0.5) is 0 Å². The van der Waals surface area contributed by atoms with Gasteiger partial charge in [-0.15, -0.1) is 11.3 Å². The normalized spacial score (nSPS) is 14.2. The SMILES string of the molecule is CCOC(=O)Cn1c(C)nc2sc3c(c2c1=O)CCCC3. The van der Waals surface area contributed by atoms with Crippen molar-refractivity contribution in [3.63, 3.8) is 0 Å². The molecule has 0 radical (unpaired) electrons. The van der Waals surface area contributed by atoms with Crippen molar-refractivity contribution in [1.29, 1.82) is 0 Å². The molecule has 0 spiro atoms. The highest BCUT2D eigenvalue weighted by atomic mass is 32.1. The summed E-state index contributed by atoms with van der Waals surface area (Å²) in [6.07, 6.45) is 4.27. The first kappa shape index (κ1) is 14.3. The molecule has 0 atom stereocenters. The second-order valence-corrected chi connectivity index (χ2v) is 6.33. The molecule has 0 aromatic carbocycles. The quantitative estimate of drug-likeness (QED) is 0.816. The molecule has 0 saturated carbocycles. The largest absolute Gasteiger partial charge is 0.465 e. The third-order valence-electron chi connectivity index (χ3n) is 3.86. The predicted molar refractivity (Wildman–Crippen MR) is 81.9 cm³/mol. The molecule has 21 heavy (non-hydrogen) atoms. The number of esters is 1. The number of rotatable bonds is 3. The summed E-state index contributed by atoms with van der Waals surface area (Å²) in [5, 5.41) is 0.713. The molecule has 5 nitrogen and oxygen atoms in total. The maximum atomic E-state index is 12.7. The Bertz CT molecular complexity index is 760. The van der Waals surface area contributed by atoms with Crippen molar-refractivity contribution in [3.05, 3.63) is 26.6 Å². The lowest BCUT2D eigenvalue weighted by Crippen LogP contribution is -2.28. The molecule has 1 aliphatic carbocycles. The predicted octanol–water partition coefficient (Wildman–Crippen LogP) is 2.21. The Labute approximate surface area is 126 Å². The van der Waals surface area contributed by atoms with E-state index in [9.17, 15) is 9.59 Å². The highest BCUT2D eigenvalue weighted by Gasteiger charge is 2.21. The second kappa shape index (κ2) is 5.60. The van der Waals surface area contributed by atoms with Crippen molar-refractivity contribution in [2.75, 3.05) is 6.61 Å². The Kier molecular flexibility index (Phi) is 3.80. The first-order valence-electron chi connectivity index (χ1n) is 7.29. The fourth-order valence-corrected chi connectivity index (χ4v) is 4.16. The number of carbonyl (C=O) groups is 1. The van der Waals surface area contributed by atoms with E-state index in [0.29, 0.717) is 17.8 Å². The molecule has 1 aliphatic rings. The number of nitrogens with zero attached hydrogens (tertiary/aromatic N) is 2. The molecule has 0 amide bonds. The monoisotopic (exact) mass is 306 g/mol. The van der Waals surface area contributed by atoms with Crippen LogP contribution in [0.2, 0.25) is 0 Å². The first-order valence-corrected chi connectivity index (χ1v) is 8.10. The Morgan fingerprint density at radius 3 is 2.90 bits per heavy atom. The zero-order valence-corrected chi connectivity index (χ0v) is 13.1. The summed E-state index contributed by atoms with van der Waals surface area (Å²) < 4.78 is 6.37. The Morgan fingerprint density at radius 2 is 2.14 bits per heavy atom. The maximum Gasteiger partial charge on any atom is 0.326 e. The van der Waals surface area contributed by atoms with Gasteiger partial charge in [0.05, 0.1) is 12.0 Å². The first-order chi connectivity index (χ1) is 10.1. The number of hydrogen-bond donors (Lipinski definition) is 0. The van der Waals surface area contributed by atoms with E-state index < -0.39 is 5.97 Å². The number of thiophene rings is 1. The minimum Gasteiger partial charge on any atom is -0.465 e. The maximum absolute atomic E-state index is 12.7. The van der Waals surface area contributed by atoms with E-state index in [4.69, 9.17) is 4.74 Å². The number of aryl methyl sites for hydroxylation is 3. The van der Waals surface area contributed by atoms with Crippen LogP contribution in [0.25, 0.3) is 10.2 Å². The zero-order valence-electron chi connectivity index (χ0n) is 12.3. The summed E-state index contributed by atoms with van der Waals surface area (Å²) >= 11 is 1.63. The molecular formula is C15H18N2O3S. The van der Waals surface area contributed by atoms with E-state index in [0.717, 1.165) is 29.7 Å². The minimum absolute atomic E-state index is 0.0634. The molecule has 2 aromatic heterocycles. The third kappa shape index (κ3) is 2.48. The molecule has 0 unspecified atom stereocenters. The van der Waals surface area contributed by atoms with E-state index >= 15 is 0 Å². The smallest absolute Gasteiger partial charge is 0.326 e. The van der Waals surface area contributed by atoms with Crippen molar-refractivity contribution in [3.8, 4) is 0 Å². The van der Waals surface area contributed by atoms with Gasteiger partial charge in [0, 0.05) is 4.88 Å². The van der Waals surface area contributed by atoms with Crippen LogP contribution in [-0.2, 0) is 28.9 Å². The zero-order chi connectivity index (χ0) is 15.0. The fraction of sp³-hybridized carbons (Fsp3) is 0.533. The summed E-state index contributed by atoms with van der Waals surface area (Å²) in [4.78, 5) is 31.0. The number of fused-ring (bicyclic) bond motifs is 3. The van der Waals surface area contributed by atoms with Crippen LogP contribution in [0.1, 0.15) is 36.0 Å². The topological polar surface area (TPSA) is 61.2 Å². The lowest BCUT2D eigenvalue weighted by atomic mass is 9.97. The average molecular weight is 306 g/mol. The minimum atomic E-state index is -0.395. The van der Waals surface area contributed by atoms with Gasteiger partial charge >= 0.3 is 5.97 Å².